The topological polar surface area (TPSA) is 66.2 Å². The molecule has 0 saturated heterocycles. The Kier molecular flexibility index (Phi) is 5.00. The van der Waals surface area contributed by atoms with Gasteiger partial charge in [0.2, 0.25) is 0 Å². The molecule has 3 aromatic rings. The minimum atomic E-state index is -0.530. The van der Waals surface area contributed by atoms with E-state index in [0.29, 0.717) is 10.7 Å². The lowest BCUT2D eigenvalue weighted by Crippen LogP contribution is -2.08. The van der Waals surface area contributed by atoms with Crippen LogP contribution in [0.1, 0.15) is 21.7 Å². The summed E-state index contributed by atoms with van der Waals surface area (Å²) in [5.74, 6) is 0.208. The molecule has 0 atom stereocenters. The van der Waals surface area contributed by atoms with Gasteiger partial charge in [-0.15, -0.1) is 5.10 Å². The Labute approximate surface area is 149 Å². The van der Waals surface area contributed by atoms with Gasteiger partial charge in [-0.3, -0.25) is 0 Å². The van der Waals surface area contributed by atoms with Crippen LogP contribution in [-0.2, 0) is 11.3 Å². The largest absolute Gasteiger partial charge is 0.497 e. The lowest BCUT2D eigenvalue weighted by Gasteiger charge is -2.06. The van der Waals surface area contributed by atoms with Gasteiger partial charge < -0.3 is 9.47 Å². The molecule has 25 heavy (non-hydrogen) atoms. The summed E-state index contributed by atoms with van der Waals surface area (Å²) in [5.41, 5.74) is 2.36. The number of carbonyl (C=O) groups excluding carboxylic acids is 1. The number of rotatable bonds is 5. The van der Waals surface area contributed by atoms with Crippen LogP contribution in [0.4, 0.5) is 0 Å². The van der Waals surface area contributed by atoms with Crippen molar-refractivity contribution >= 4 is 17.6 Å². The van der Waals surface area contributed by atoms with Gasteiger partial charge in [-0.05, 0) is 48.9 Å². The number of methoxy groups -OCH3 is 1. The first-order chi connectivity index (χ1) is 12.1. The molecule has 0 radical (unpaired) electrons. The molecule has 128 valence electrons. The number of carbonyl (C=O) groups is 1. The Bertz CT molecular complexity index is 891. The molecular formula is C18H16ClN3O3. The average molecular weight is 358 g/mol. The number of hydrogen-bond acceptors (Lipinski definition) is 5. The molecular weight excluding hydrogens is 342 g/mol. The highest BCUT2D eigenvalue weighted by Crippen LogP contribution is 2.18. The smallest absolute Gasteiger partial charge is 0.361 e. The van der Waals surface area contributed by atoms with E-state index in [4.69, 9.17) is 21.1 Å². The Morgan fingerprint density at radius 3 is 2.64 bits per heavy atom. The van der Waals surface area contributed by atoms with Crippen LogP contribution < -0.4 is 4.74 Å². The molecule has 7 heteroatoms. The van der Waals surface area contributed by atoms with Gasteiger partial charge >= 0.3 is 5.97 Å². The molecule has 0 bridgehead atoms. The molecule has 1 heterocycles. The zero-order valence-electron chi connectivity index (χ0n) is 13.8. The summed E-state index contributed by atoms with van der Waals surface area (Å²) in [4.78, 5) is 12.3. The van der Waals surface area contributed by atoms with E-state index in [0.717, 1.165) is 17.0 Å². The van der Waals surface area contributed by atoms with Gasteiger partial charge in [-0.1, -0.05) is 28.9 Å². The van der Waals surface area contributed by atoms with E-state index in [2.05, 4.69) is 10.3 Å². The standard InChI is InChI=1S/C18H16ClN3O3/c1-12-17(18(23)25-11-13-4-3-5-14(19)10-13)20-21-22(12)15-6-8-16(24-2)9-7-15/h3-10H,11H2,1-2H3. The number of ether oxygens (including phenoxy) is 2. The van der Waals surface area contributed by atoms with E-state index in [-0.39, 0.29) is 12.3 Å². The third kappa shape index (κ3) is 3.80. The predicted octanol–water partition coefficient (Wildman–Crippen LogP) is 3.59. The molecule has 6 nitrogen and oxygen atoms in total. The van der Waals surface area contributed by atoms with Crippen molar-refractivity contribution in [1.82, 2.24) is 15.0 Å². The van der Waals surface area contributed by atoms with Gasteiger partial charge in [0, 0.05) is 5.02 Å². The van der Waals surface area contributed by atoms with Crippen LogP contribution >= 0.6 is 11.6 Å². The molecule has 0 fully saturated rings. The first-order valence-electron chi connectivity index (χ1n) is 7.57. The molecule has 0 aliphatic heterocycles. The molecule has 0 unspecified atom stereocenters. The summed E-state index contributed by atoms with van der Waals surface area (Å²) >= 11 is 5.92. The van der Waals surface area contributed by atoms with Crippen LogP contribution in [0, 0.1) is 6.92 Å². The fraction of sp³-hybridized carbons (Fsp3) is 0.167. The lowest BCUT2D eigenvalue weighted by molar-refractivity contribution is 0.0464. The van der Waals surface area contributed by atoms with Crippen molar-refractivity contribution in [3.05, 3.63) is 70.5 Å². The number of benzene rings is 2. The second-order valence-electron chi connectivity index (χ2n) is 5.34. The Morgan fingerprint density at radius 1 is 1.20 bits per heavy atom. The maximum absolute atomic E-state index is 12.3. The Hall–Kier alpha value is -2.86. The van der Waals surface area contributed by atoms with Gasteiger partial charge in [0.1, 0.15) is 12.4 Å². The van der Waals surface area contributed by atoms with Crippen molar-refractivity contribution in [2.75, 3.05) is 7.11 Å². The SMILES string of the molecule is COc1ccc(-n2nnc(C(=O)OCc3cccc(Cl)c3)c2C)cc1. The van der Waals surface area contributed by atoms with Crippen molar-refractivity contribution in [3.8, 4) is 11.4 Å². The first kappa shape index (κ1) is 17.0. The molecule has 1 aromatic heterocycles. The van der Waals surface area contributed by atoms with E-state index >= 15 is 0 Å². The second kappa shape index (κ2) is 7.36. The molecule has 0 amide bonds. The summed E-state index contributed by atoms with van der Waals surface area (Å²) in [6.07, 6.45) is 0. The van der Waals surface area contributed by atoms with Crippen LogP contribution in [0.3, 0.4) is 0 Å². The second-order valence-corrected chi connectivity index (χ2v) is 5.78. The van der Waals surface area contributed by atoms with E-state index in [1.54, 1.807) is 36.9 Å². The molecule has 0 spiro atoms. The summed E-state index contributed by atoms with van der Waals surface area (Å²) < 4.78 is 12.0. The van der Waals surface area contributed by atoms with Gasteiger partial charge in [-0.2, -0.15) is 0 Å². The molecule has 0 aliphatic rings. The lowest BCUT2D eigenvalue weighted by atomic mass is 10.2. The van der Waals surface area contributed by atoms with Crippen molar-refractivity contribution in [1.29, 1.82) is 0 Å². The third-order valence-corrected chi connectivity index (χ3v) is 3.90. The normalized spacial score (nSPS) is 10.5. The van der Waals surface area contributed by atoms with Crippen molar-refractivity contribution in [2.24, 2.45) is 0 Å². The fourth-order valence-electron chi connectivity index (χ4n) is 2.33. The monoisotopic (exact) mass is 357 g/mol. The Balaban J connectivity index is 1.74. The minimum Gasteiger partial charge on any atom is -0.497 e. The maximum Gasteiger partial charge on any atom is 0.361 e. The van der Waals surface area contributed by atoms with Crippen LogP contribution in [0.15, 0.2) is 48.5 Å². The van der Waals surface area contributed by atoms with Gasteiger partial charge in [-0.25, -0.2) is 9.48 Å². The average Bonchev–Trinajstić information content (AvgIpc) is 3.01. The summed E-state index contributed by atoms with van der Waals surface area (Å²) in [5, 5.41) is 8.57. The van der Waals surface area contributed by atoms with Crippen molar-refractivity contribution in [2.45, 2.75) is 13.5 Å². The number of halogens is 1. The van der Waals surface area contributed by atoms with Gasteiger partial charge in [0.25, 0.3) is 0 Å². The number of esters is 1. The fourth-order valence-corrected chi connectivity index (χ4v) is 2.54. The predicted molar refractivity (Wildman–Crippen MR) is 93.2 cm³/mol. The van der Waals surface area contributed by atoms with Gasteiger partial charge in [0.05, 0.1) is 18.5 Å². The zero-order chi connectivity index (χ0) is 17.8. The summed E-state index contributed by atoms with van der Waals surface area (Å²) in [6.45, 7) is 1.88. The first-order valence-corrected chi connectivity index (χ1v) is 7.94. The van der Waals surface area contributed by atoms with Crippen LogP contribution in [-0.4, -0.2) is 28.1 Å². The van der Waals surface area contributed by atoms with E-state index in [9.17, 15) is 4.79 Å². The van der Waals surface area contributed by atoms with E-state index in [1.165, 1.54) is 0 Å². The van der Waals surface area contributed by atoms with Crippen LogP contribution in [0.2, 0.25) is 5.02 Å². The number of aromatic nitrogens is 3. The summed E-state index contributed by atoms with van der Waals surface area (Å²) in [6, 6.07) is 14.4. The Morgan fingerprint density at radius 2 is 1.96 bits per heavy atom. The maximum atomic E-state index is 12.3. The van der Waals surface area contributed by atoms with Gasteiger partial charge in [0.15, 0.2) is 5.69 Å². The quantitative estimate of drug-likeness (QED) is 0.653. The molecule has 0 N–H and O–H groups in total. The van der Waals surface area contributed by atoms with Crippen LogP contribution in [0.5, 0.6) is 5.75 Å². The summed E-state index contributed by atoms with van der Waals surface area (Å²) in [7, 11) is 1.60. The highest BCUT2D eigenvalue weighted by atomic mass is 35.5. The number of nitrogens with zero attached hydrogens (tertiary/aromatic N) is 3. The minimum absolute atomic E-state index is 0.119. The number of hydrogen-bond donors (Lipinski definition) is 0. The molecule has 3 rings (SSSR count). The zero-order valence-corrected chi connectivity index (χ0v) is 14.5. The van der Waals surface area contributed by atoms with Crippen molar-refractivity contribution in [3.63, 3.8) is 0 Å². The van der Waals surface area contributed by atoms with E-state index < -0.39 is 5.97 Å². The molecule has 2 aromatic carbocycles. The third-order valence-electron chi connectivity index (χ3n) is 3.66. The molecule has 0 aliphatic carbocycles. The highest BCUT2D eigenvalue weighted by molar-refractivity contribution is 6.30. The molecule has 0 saturated carbocycles. The van der Waals surface area contributed by atoms with Crippen LogP contribution in [0.25, 0.3) is 5.69 Å². The van der Waals surface area contributed by atoms with Crippen molar-refractivity contribution < 1.29 is 14.3 Å². The highest BCUT2D eigenvalue weighted by Gasteiger charge is 2.19. The van der Waals surface area contributed by atoms with E-state index in [1.807, 2.05) is 30.3 Å².